The Bertz CT molecular complexity index is 1060. The SMILES string of the molecule is CC(C)(C)N1CC(C(=O)N2CCC3(CC2)CNc2ccccc23)C(c2ccc(F)cc2F)C1. The molecule has 2 atom stereocenters. The van der Waals surface area contributed by atoms with Gasteiger partial charge in [0.2, 0.25) is 5.91 Å². The average molecular weight is 454 g/mol. The molecule has 2 aromatic carbocycles. The largest absolute Gasteiger partial charge is 0.384 e. The fourth-order valence-electron chi connectivity index (χ4n) is 6.01. The van der Waals surface area contributed by atoms with Crippen molar-refractivity contribution in [1.82, 2.24) is 9.80 Å². The fraction of sp³-hybridized carbons (Fsp3) is 0.519. The molecule has 1 spiro atoms. The molecular formula is C27H33F2N3O. The molecule has 6 heteroatoms. The smallest absolute Gasteiger partial charge is 0.227 e. The maximum atomic E-state index is 14.8. The molecule has 0 aliphatic carbocycles. The summed E-state index contributed by atoms with van der Waals surface area (Å²) in [6, 6.07) is 12.2. The minimum Gasteiger partial charge on any atom is -0.384 e. The number of nitrogens with one attached hydrogen (secondary N) is 1. The van der Waals surface area contributed by atoms with Gasteiger partial charge in [-0.3, -0.25) is 9.69 Å². The van der Waals surface area contributed by atoms with Crippen molar-refractivity contribution in [2.45, 2.75) is 50.5 Å². The van der Waals surface area contributed by atoms with E-state index in [0.717, 1.165) is 25.5 Å². The first kappa shape index (κ1) is 22.3. The Labute approximate surface area is 195 Å². The summed E-state index contributed by atoms with van der Waals surface area (Å²) in [6.45, 7) is 9.87. The van der Waals surface area contributed by atoms with Gasteiger partial charge in [-0.2, -0.15) is 0 Å². The molecule has 2 aromatic rings. The summed E-state index contributed by atoms with van der Waals surface area (Å²) in [5.74, 6) is -1.64. The van der Waals surface area contributed by atoms with Crippen LogP contribution < -0.4 is 5.32 Å². The van der Waals surface area contributed by atoms with Crippen molar-refractivity contribution >= 4 is 11.6 Å². The van der Waals surface area contributed by atoms with Crippen LogP contribution in [-0.4, -0.2) is 54.0 Å². The number of nitrogens with zero attached hydrogens (tertiary/aromatic N) is 2. The predicted molar refractivity (Wildman–Crippen MR) is 126 cm³/mol. The lowest BCUT2D eigenvalue weighted by Crippen LogP contribution is -2.49. The number of amides is 1. The van der Waals surface area contributed by atoms with Crippen LogP contribution in [0.3, 0.4) is 0 Å². The van der Waals surface area contributed by atoms with Gasteiger partial charge in [-0.05, 0) is 56.9 Å². The molecule has 176 valence electrons. The summed E-state index contributed by atoms with van der Waals surface area (Å²) in [5, 5.41) is 3.54. The molecule has 3 aliphatic rings. The van der Waals surface area contributed by atoms with E-state index in [2.05, 4.69) is 55.3 Å². The monoisotopic (exact) mass is 453 g/mol. The van der Waals surface area contributed by atoms with Gasteiger partial charge in [-0.25, -0.2) is 8.78 Å². The molecule has 2 saturated heterocycles. The van der Waals surface area contributed by atoms with Gasteiger partial charge in [-0.15, -0.1) is 0 Å². The van der Waals surface area contributed by atoms with Gasteiger partial charge in [0.1, 0.15) is 11.6 Å². The Hall–Kier alpha value is -2.47. The topological polar surface area (TPSA) is 35.6 Å². The lowest BCUT2D eigenvalue weighted by Gasteiger charge is -2.40. The molecule has 3 aliphatic heterocycles. The van der Waals surface area contributed by atoms with Gasteiger partial charge in [0.25, 0.3) is 0 Å². The van der Waals surface area contributed by atoms with E-state index in [0.29, 0.717) is 31.7 Å². The number of fused-ring (bicyclic) bond motifs is 2. The Balaban J connectivity index is 1.36. The molecule has 0 bridgehead atoms. The highest BCUT2D eigenvalue weighted by Gasteiger charge is 2.47. The van der Waals surface area contributed by atoms with Gasteiger partial charge in [0.05, 0.1) is 5.92 Å². The maximum Gasteiger partial charge on any atom is 0.227 e. The zero-order valence-electron chi connectivity index (χ0n) is 19.7. The Kier molecular flexibility index (Phi) is 5.47. The van der Waals surface area contributed by atoms with Crippen LogP contribution >= 0.6 is 0 Å². The molecule has 33 heavy (non-hydrogen) atoms. The molecular weight excluding hydrogens is 420 g/mol. The first-order valence-corrected chi connectivity index (χ1v) is 12.0. The van der Waals surface area contributed by atoms with E-state index in [-0.39, 0.29) is 28.7 Å². The number of carbonyl (C=O) groups excluding carboxylic acids is 1. The highest BCUT2D eigenvalue weighted by Crippen LogP contribution is 2.45. The molecule has 4 nitrogen and oxygen atoms in total. The zero-order chi connectivity index (χ0) is 23.4. The summed E-state index contributed by atoms with van der Waals surface area (Å²) in [5.41, 5.74) is 2.98. The molecule has 0 radical (unpaired) electrons. The second-order valence-electron chi connectivity index (χ2n) is 11.0. The second-order valence-corrected chi connectivity index (χ2v) is 11.0. The number of para-hydroxylation sites is 1. The van der Waals surface area contributed by atoms with Crippen LogP contribution in [0.2, 0.25) is 0 Å². The number of halogens is 2. The van der Waals surface area contributed by atoms with Crippen molar-refractivity contribution in [3.63, 3.8) is 0 Å². The summed E-state index contributed by atoms with van der Waals surface area (Å²) < 4.78 is 28.3. The lowest BCUT2D eigenvalue weighted by atomic mass is 9.74. The van der Waals surface area contributed by atoms with Crippen molar-refractivity contribution in [1.29, 1.82) is 0 Å². The normalized spacial score (nSPS) is 24.7. The van der Waals surface area contributed by atoms with Crippen LogP contribution in [0.15, 0.2) is 42.5 Å². The van der Waals surface area contributed by atoms with Gasteiger partial charge in [-0.1, -0.05) is 24.3 Å². The number of piperidine rings is 1. The van der Waals surface area contributed by atoms with Crippen molar-refractivity contribution in [3.05, 3.63) is 65.2 Å². The summed E-state index contributed by atoms with van der Waals surface area (Å²) in [4.78, 5) is 18.0. The highest BCUT2D eigenvalue weighted by atomic mass is 19.1. The zero-order valence-corrected chi connectivity index (χ0v) is 19.7. The van der Waals surface area contributed by atoms with E-state index in [1.807, 2.05) is 4.90 Å². The van der Waals surface area contributed by atoms with E-state index in [4.69, 9.17) is 0 Å². The van der Waals surface area contributed by atoms with E-state index >= 15 is 0 Å². The third-order valence-corrected chi connectivity index (χ3v) is 8.10. The number of hydrogen-bond donors (Lipinski definition) is 1. The molecule has 2 unspecified atom stereocenters. The van der Waals surface area contributed by atoms with Crippen LogP contribution in [0.25, 0.3) is 0 Å². The van der Waals surface area contributed by atoms with Crippen LogP contribution in [-0.2, 0) is 10.2 Å². The lowest BCUT2D eigenvalue weighted by molar-refractivity contribution is -0.137. The molecule has 5 rings (SSSR count). The predicted octanol–water partition coefficient (Wildman–Crippen LogP) is 4.76. The molecule has 1 amide bonds. The maximum absolute atomic E-state index is 14.8. The van der Waals surface area contributed by atoms with E-state index in [9.17, 15) is 13.6 Å². The molecule has 3 heterocycles. The highest BCUT2D eigenvalue weighted by molar-refractivity contribution is 5.81. The first-order valence-electron chi connectivity index (χ1n) is 12.0. The number of hydrogen-bond acceptors (Lipinski definition) is 3. The molecule has 0 aromatic heterocycles. The molecule has 1 N–H and O–H groups in total. The number of benzene rings is 2. The quantitative estimate of drug-likeness (QED) is 0.712. The number of carbonyl (C=O) groups is 1. The van der Waals surface area contributed by atoms with Gasteiger partial charge >= 0.3 is 0 Å². The number of likely N-dealkylation sites (tertiary alicyclic amines) is 2. The minimum absolute atomic E-state index is 0.0863. The fourth-order valence-corrected chi connectivity index (χ4v) is 6.01. The summed E-state index contributed by atoms with van der Waals surface area (Å²) >= 11 is 0. The Morgan fingerprint density at radius 1 is 1.06 bits per heavy atom. The van der Waals surface area contributed by atoms with Crippen molar-refractivity contribution < 1.29 is 13.6 Å². The van der Waals surface area contributed by atoms with Crippen LogP contribution in [0, 0.1) is 17.6 Å². The first-order chi connectivity index (χ1) is 15.7. The standard InChI is InChI=1S/C27H33F2N3O/c1-26(2,3)32-15-20(19-9-8-18(28)14-23(19)29)21(16-32)25(33)31-12-10-27(11-13-31)17-30-24-7-5-4-6-22(24)27/h4-9,14,20-21,30H,10-13,15-17H2,1-3H3. The van der Waals surface area contributed by atoms with E-state index in [1.54, 1.807) is 0 Å². The number of anilines is 1. The van der Waals surface area contributed by atoms with Gasteiger partial charge < -0.3 is 10.2 Å². The van der Waals surface area contributed by atoms with E-state index < -0.39 is 11.6 Å². The van der Waals surface area contributed by atoms with Crippen LogP contribution in [0.1, 0.15) is 50.7 Å². The molecule has 0 saturated carbocycles. The third-order valence-electron chi connectivity index (χ3n) is 8.10. The third kappa shape index (κ3) is 3.92. The number of rotatable bonds is 2. The second kappa shape index (κ2) is 8.08. The molecule has 2 fully saturated rings. The van der Waals surface area contributed by atoms with E-state index in [1.165, 1.54) is 23.4 Å². The van der Waals surface area contributed by atoms with Crippen LogP contribution in [0.5, 0.6) is 0 Å². The average Bonchev–Trinajstić information content (AvgIpc) is 3.37. The van der Waals surface area contributed by atoms with Crippen molar-refractivity contribution in [3.8, 4) is 0 Å². The summed E-state index contributed by atoms with van der Waals surface area (Å²) in [7, 11) is 0. The Morgan fingerprint density at radius 3 is 2.48 bits per heavy atom. The van der Waals surface area contributed by atoms with Crippen molar-refractivity contribution in [2.75, 3.05) is 38.0 Å². The summed E-state index contributed by atoms with van der Waals surface area (Å²) in [6.07, 6.45) is 1.85. The van der Waals surface area contributed by atoms with Gasteiger partial charge in [0, 0.05) is 61.3 Å². The minimum atomic E-state index is -0.586. The van der Waals surface area contributed by atoms with Crippen molar-refractivity contribution in [2.24, 2.45) is 5.92 Å². The van der Waals surface area contributed by atoms with Crippen LogP contribution in [0.4, 0.5) is 14.5 Å². The Morgan fingerprint density at radius 2 is 1.79 bits per heavy atom. The van der Waals surface area contributed by atoms with Gasteiger partial charge in [0.15, 0.2) is 0 Å².